The molecule has 23 nitrogen and oxygen atoms in total. The van der Waals surface area contributed by atoms with Crippen LogP contribution >= 0.6 is 0 Å². The summed E-state index contributed by atoms with van der Waals surface area (Å²) in [5.41, 5.74) is -3.84. The maximum atomic E-state index is 14.2. The average Bonchev–Trinajstić information content (AvgIpc) is 1.34. The Bertz CT molecular complexity index is 2730. The molecule has 23 atom stereocenters. The molecule has 0 N–H and O–H groups in total. The first-order valence-corrected chi connectivity index (χ1v) is 33.1. The second kappa shape index (κ2) is 26.2. The number of nitrogens with zero attached hydrogens (tertiary/aromatic N) is 1. The first-order chi connectivity index (χ1) is 43.0. The zero-order valence-electron chi connectivity index (χ0n) is 53.0. The van der Waals surface area contributed by atoms with E-state index in [0.717, 1.165) is 70.6 Å². The Morgan fingerprint density at radius 3 is 1.56 bits per heavy atom. The van der Waals surface area contributed by atoms with Gasteiger partial charge < -0.3 is 56.8 Å². The van der Waals surface area contributed by atoms with Crippen LogP contribution in [0.25, 0.3) is 0 Å². The molecule has 10 heterocycles. The van der Waals surface area contributed by atoms with Crippen molar-refractivity contribution in [2.45, 2.75) is 250 Å². The highest BCUT2D eigenvalue weighted by Gasteiger charge is 2.72. The predicted octanol–water partition coefficient (Wildman–Crippen LogP) is 9.51. The molecule has 2 unspecified atom stereocenters. The smallest absolute Gasteiger partial charge is 0.308 e. The van der Waals surface area contributed by atoms with Crippen LogP contribution < -0.4 is 0 Å². The molecule has 1 aromatic rings. The summed E-state index contributed by atoms with van der Waals surface area (Å²) in [6.07, 6.45) is 4.10. The molecule has 3 saturated carbocycles. The zero-order valence-corrected chi connectivity index (χ0v) is 53.0. The van der Waals surface area contributed by atoms with Gasteiger partial charge in [0, 0.05) is 54.6 Å². The lowest BCUT2D eigenvalue weighted by Crippen LogP contribution is -2.70. The van der Waals surface area contributed by atoms with Crippen LogP contribution in [0.1, 0.15) is 183 Å². The fraction of sp³-hybridized carbons (Fsp3) is 0.803. The van der Waals surface area contributed by atoms with Crippen molar-refractivity contribution in [3.8, 4) is 0 Å². The number of aliphatic imine (C=N–C) groups is 1. The number of esters is 6. The van der Waals surface area contributed by atoms with Gasteiger partial charge in [-0.05, 0) is 138 Å². The lowest BCUT2D eigenvalue weighted by molar-refractivity contribution is -0.576. The topological polar surface area (TPSA) is 262 Å². The van der Waals surface area contributed by atoms with Crippen LogP contribution in [0, 0.1) is 76.8 Å². The number of fused-ring (bicyclic) bond motifs is 4. The number of halogens is 1. The molecule has 4 bridgehead atoms. The average molecular weight is 1270 g/mol. The third-order valence-electron chi connectivity index (χ3n) is 22.2. The molecule has 13 aliphatic rings. The van der Waals surface area contributed by atoms with Crippen LogP contribution in [0.4, 0.5) is 4.39 Å². The third-order valence-corrected chi connectivity index (χ3v) is 22.2. The van der Waals surface area contributed by atoms with E-state index in [0.29, 0.717) is 36.2 Å². The Morgan fingerprint density at radius 2 is 1.03 bits per heavy atom. The van der Waals surface area contributed by atoms with Gasteiger partial charge in [0.2, 0.25) is 30.4 Å². The summed E-state index contributed by atoms with van der Waals surface area (Å²) in [7, 11) is 0. The quantitative estimate of drug-likeness (QED) is 0.0540. The summed E-state index contributed by atoms with van der Waals surface area (Å²) in [5.74, 6) is -7.36. The standard InChI is InChI=1S/C66H90FNO22/c1-35-12-20-47-39(5)57(82-60-65(47)45(35)28-30-62(7,85-60)87-89-65)79-51(71)24-22-49(69)75-33-64(68-32-41-15-18-43(67)19-16-41,84-54(74)27-26-53(73)78-56-38(4)44-11-9-10-42-17-14-37(3)77-59(81-56)55(42)44)34-76-50(70)23-25-52(72)80-58-40(6)48-21-13-36(2)46-29-31-63(8)86-61(83-58)66(46,48)90-88-63/h15-16,18-19,32,35-40,42,44-48,55-61H,9-14,17,20-31,33-34H2,1-8H3/t35-,36-,37+,38-,39-,40-,42?,44+,45+,46+,47+,48+,55?,56-,57-,58-,59+,60-,61-,62-,63-,65-,66-/m1/s1. The monoisotopic (exact) mass is 1270 g/mol. The Labute approximate surface area is 524 Å². The van der Waals surface area contributed by atoms with E-state index in [4.69, 9.17) is 76.4 Å². The maximum absolute atomic E-state index is 14.2. The Morgan fingerprint density at radius 1 is 0.544 bits per heavy atom. The van der Waals surface area contributed by atoms with Crippen LogP contribution in [0.15, 0.2) is 29.3 Å². The minimum atomic E-state index is -2.36. The summed E-state index contributed by atoms with van der Waals surface area (Å²) in [4.78, 5) is 112. The second-order valence-corrected chi connectivity index (χ2v) is 28.3. The van der Waals surface area contributed by atoms with E-state index in [1.165, 1.54) is 30.5 Å². The van der Waals surface area contributed by atoms with Gasteiger partial charge in [0.25, 0.3) is 5.72 Å². The second-order valence-electron chi connectivity index (χ2n) is 28.3. The fourth-order valence-electron chi connectivity index (χ4n) is 17.2. The highest BCUT2D eigenvalue weighted by molar-refractivity contribution is 5.82. The summed E-state index contributed by atoms with van der Waals surface area (Å²) in [5, 5.41) is 0. The van der Waals surface area contributed by atoms with Crippen LogP contribution in [-0.4, -0.2) is 128 Å². The number of ether oxygens (including phenoxy) is 12. The molecular formula is C66H90FNO22. The van der Waals surface area contributed by atoms with Crippen molar-refractivity contribution in [1.29, 1.82) is 0 Å². The van der Waals surface area contributed by atoms with Crippen LogP contribution in [0.2, 0.25) is 0 Å². The molecule has 0 amide bonds. The van der Waals surface area contributed by atoms with E-state index in [9.17, 15) is 33.2 Å². The van der Waals surface area contributed by atoms with Gasteiger partial charge in [-0.2, -0.15) is 0 Å². The lowest BCUT2D eigenvalue weighted by Gasteiger charge is -2.59. The maximum Gasteiger partial charge on any atom is 0.308 e. The van der Waals surface area contributed by atoms with E-state index < -0.39 is 160 Å². The Hall–Kier alpha value is -4.76. The minimum Gasteiger partial charge on any atom is -0.459 e. The molecule has 0 aromatic heterocycles. The van der Waals surface area contributed by atoms with E-state index >= 15 is 0 Å². The van der Waals surface area contributed by atoms with E-state index in [2.05, 4.69) is 18.8 Å². The van der Waals surface area contributed by atoms with E-state index in [1.807, 2.05) is 27.7 Å². The minimum absolute atomic E-state index is 0.0321. The summed E-state index contributed by atoms with van der Waals surface area (Å²) >= 11 is 0. The van der Waals surface area contributed by atoms with Crippen LogP contribution in [0.3, 0.4) is 0 Å². The van der Waals surface area contributed by atoms with Gasteiger partial charge >= 0.3 is 35.8 Å². The normalized spacial score (nSPS) is 42.3. The number of hydrogen-bond donors (Lipinski definition) is 0. The van der Waals surface area contributed by atoms with E-state index in [-0.39, 0.29) is 59.4 Å². The molecule has 24 heteroatoms. The summed E-state index contributed by atoms with van der Waals surface area (Å²) < 4.78 is 87.8. The highest BCUT2D eigenvalue weighted by Crippen LogP contribution is 2.63. The molecule has 14 rings (SSSR count). The van der Waals surface area contributed by atoms with Crippen LogP contribution in [-0.2, 0) is 105 Å². The van der Waals surface area contributed by atoms with Gasteiger partial charge in [-0.15, -0.1) is 0 Å². The predicted molar refractivity (Wildman–Crippen MR) is 306 cm³/mol. The largest absolute Gasteiger partial charge is 0.459 e. The van der Waals surface area contributed by atoms with Gasteiger partial charge in [-0.1, -0.05) is 53.2 Å². The first-order valence-electron chi connectivity index (χ1n) is 33.1. The molecule has 0 radical (unpaired) electrons. The van der Waals surface area contributed by atoms with Crippen molar-refractivity contribution in [3.05, 3.63) is 35.6 Å². The zero-order chi connectivity index (χ0) is 63.5. The van der Waals surface area contributed by atoms with E-state index in [1.54, 1.807) is 13.8 Å². The number of carbonyl (C=O) groups is 6. The molecule has 10 saturated heterocycles. The Balaban J connectivity index is 0.714. The number of rotatable bonds is 19. The molecule has 3 aliphatic carbocycles. The van der Waals surface area contributed by atoms with Crippen molar-refractivity contribution in [2.24, 2.45) is 76.0 Å². The number of hydrogen-bond acceptors (Lipinski definition) is 23. The molecule has 90 heavy (non-hydrogen) atoms. The van der Waals surface area contributed by atoms with Gasteiger partial charge in [-0.25, -0.2) is 28.9 Å². The van der Waals surface area contributed by atoms with Crippen LogP contribution in [0.5, 0.6) is 0 Å². The van der Waals surface area contributed by atoms with Gasteiger partial charge in [0.15, 0.2) is 43.3 Å². The van der Waals surface area contributed by atoms with Crippen molar-refractivity contribution < 1.29 is 110 Å². The van der Waals surface area contributed by atoms with Gasteiger partial charge in [0.05, 0.1) is 44.6 Å². The third kappa shape index (κ3) is 13.0. The highest BCUT2D eigenvalue weighted by atomic mass is 19.1. The van der Waals surface area contributed by atoms with Gasteiger partial charge in [0.1, 0.15) is 5.82 Å². The fourth-order valence-corrected chi connectivity index (χ4v) is 17.2. The first kappa shape index (κ1) is 65.3. The van der Waals surface area contributed by atoms with Gasteiger partial charge in [-0.3, -0.25) is 28.8 Å². The van der Waals surface area contributed by atoms with Crippen molar-refractivity contribution >= 4 is 42.0 Å². The van der Waals surface area contributed by atoms with Crippen molar-refractivity contribution in [3.63, 3.8) is 0 Å². The Kier molecular flexibility index (Phi) is 19.0. The molecule has 2 spiro atoms. The summed E-state index contributed by atoms with van der Waals surface area (Å²) in [6.45, 7) is 14.1. The van der Waals surface area contributed by atoms with Crippen molar-refractivity contribution in [1.82, 2.24) is 0 Å². The molecule has 13 fully saturated rings. The molecular weight excluding hydrogens is 1180 g/mol. The molecule has 498 valence electrons. The molecule has 10 aliphatic heterocycles. The van der Waals surface area contributed by atoms with Crippen molar-refractivity contribution in [2.75, 3.05) is 13.2 Å². The number of carbonyl (C=O) groups excluding carboxylic acids is 6. The summed E-state index contributed by atoms with van der Waals surface area (Å²) in [6, 6.07) is 5.11. The number of benzene rings is 1. The molecule has 1 aromatic carbocycles. The SMILES string of the molecule is C[C@H]1[C@H](OC(=O)CCC(=O)OC(COC(=O)CCC(=O)O[C@@H]2O[C@@H]3O[C@@]4(C)CC[C@H]5[C@H](C)CC[C@@H]([C@H]2C)[C@@]35OO4)(COC(=O)CCC(=O)O[C@@H]2O[C@@H]3O[C@@]4(C)CC[C@H]5[C@H](C)CC[C@@H]([C@H]2C)[C@@]35OO4)N=Cc2ccc(F)cc2)O[C@@H]2O[C@@H](C)CCC3CCC[C@@H]1C32. The lowest BCUT2D eigenvalue weighted by atomic mass is 9.58.